The van der Waals surface area contributed by atoms with E-state index in [0.29, 0.717) is 45.9 Å². The second kappa shape index (κ2) is 12.5. The summed E-state index contributed by atoms with van der Waals surface area (Å²) in [5, 5.41) is 3.54. The molecule has 4 aromatic heterocycles. The molecule has 0 saturated carbocycles. The molecule has 8 bridgehead atoms. The molecule has 2 aliphatic heterocycles. The van der Waals surface area contributed by atoms with Crippen LogP contribution in [0.2, 0.25) is 0 Å². The van der Waals surface area contributed by atoms with E-state index in [9.17, 15) is 0 Å². The van der Waals surface area contributed by atoms with Crippen molar-refractivity contribution in [2.75, 3.05) is 0 Å². The van der Waals surface area contributed by atoms with E-state index in [2.05, 4.69) is 20.8 Å². The van der Waals surface area contributed by atoms with Crippen LogP contribution in [-0.4, -0.2) is 34.9 Å². The van der Waals surface area contributed by atoms with Gasteiger partial charge in [0.05, 0.1) is 23.3 Å². The van der Waals surface area contributed by atoms with Crippen molar-refractivity contribution in [1.82, 2.24) is 44.9 Å². The number of pyridine rings is 1. The van der Waals surface area contributed by atoms with Gasteiger partial charge in [0.1, 0.15) is 5.82 Å². The summed E-state index contributed by atoms with van der Waals surface area (Å²) < 4.78 is 0. The van der Waals surface area contributed by atoms with E-state index < -0.39 is 0 Å². The normalized spacial score (nSPS) is 13.2. The minimum Gasteiger partial charge on any atom is -0.357 e. The largest absolute Gasteiger partial charge is 2.00 e. The Balaban J connectivity index is 0.000000848. The van der Waals surface area contributed by atoms with Gasteiger partial charge in [-0.15, -0.1) is 0 Å². The Hall–Kier alpha value is -5.31. The van der Waals surface area contributed by atoms with Crippen LogP contribution in [0.15, 0.2) is 91.1 Å². The maximum Gasteiger partial charge on any atom is 2.00 e. The zero-order valence-corrected chi connectivity index (χ0v) is 26.9. The van der Waals surface area contributed by atoms with Crippen molar-refractivity contribution in [3.8, 4) is 34.2 Å². The van der Waals surface area contributed by atoms with Crippen molar-refractivity contribution in [3.05, 3.63) is 103 Å². The Morgan fingerprint density at radius 2 is 0.936 bits per heavy atom. The molecule has 3 aromatic carbocycles. The number of benzene rings is 3. The average molecular weight is 663 g/mol. The van der Waals surface area contributed by atoms with E-state index in [0.717, 1.165) is 50.4 Å². The maximum absolute atomic E-state index is 5.08. The first kappa shape index (κ1) is 30.3. The van der Waals surface area contributed by atoms with Crippen LogP contribution in [0.1, 0.15) is 51.0 Å². The van der Waals surface area contributed by atoms with Gasteiger partial charge in [0.25, 0.3) is 0 Å². The summed E-state index contributed by atoms with van der Waals surface area (Å²) in [4.78, 5) is 44.7. The molecule has 0 spiro atoms. The van der Waals surface area contributed by atoms with E-state index in [1.807, 2.05) is 84.9 Å². The fourth-order valence-corrected chi connectivity index (χ4v) is 6.02. The van der Waals surface area contributed by atoms with Crippen molar-refractivity contribution in [2.24, 2.45) is 0 Å². The summed E-state index contributed by atoms with van der Waals surface area (Å²) in [6, 6.07) is 27.8. The molecule has 1 radical (unpaired) electrons. The molecule has 7 aromatic rings. The number of nitrogens with zero attached hydrogens (tertiary/aromatic N) is 9. The van der Waals surface area contributed by atoms with Gasteiger partial charge in [0.2, 0.25) is 0 Å². The number of rotatable bonds is 1. The van der Waals surface area contributed by atoms with Crippen LogP contribution in [0.25, 0.3) is 78.3 Å². The van der Waals surface area contributed by atoms with Crippen LogP contribution in [0.5, 0.6) is 0 Å². The van der Waals surface area contributed by atoms with Gasteiger partial charge in [-0.2, -0.15) is 0 Å². The Bertz CT molecular complexity index is 2450. The van der Waals surface area contributed by atoms with E-state index in [1.165, 1.54) is 6.42 Å². The molecule has 233 valence electrons. The summed E-state index contributed by atoms with van der Waals surface area (Å²) >= 11 is 0. The Morgan fingerprint density at radius 3 is 1.45 bits per heavy atom. The van der Waals surface area contributed by atoms with E-state index >= 15 is 0 Å². The second-order valence-corrected chi connectivity index (χ2v) is 11.3. The van der Waals surface area contributed by atoms with Crippen molar-refractivity contribution >= 4 is 44.1 Å². The first-order chi connectivity index (χ1) is 22.7. The molecule has 1 atom stereocenters. The maximum atomic E-state index is 5.08. The number of hydrogen-bond acceptors (Lipinski definition) is 7. The molecule has 9 rings (SSSR count). The fourth-order valence-electron chi connectivity index (χ4n) is 6.02. The van der Waals surface area contributed by atoms with Crippen LogP contribution >= 0.6 is 0 Å². The molecular formula is C37H29CuN9. The van der Waals surface area contributed by atoms with E-state index in [1.54, 1.807) is 6.20 Å². The topological polar surface area (TPSA) is 118 Å². The Morgan fingerprint density at radius 1 is 0.511 bits per heavy atom. The predicted octanol–water partition coefficient (Wildman–Crippen LogP) is 7.81. The summed E-state index contributed by atoms with van der Waals surface area (Å²) in [7, 11) is 0. The van der Waals surface area contributed by atoms with Gasteiger partial charge in [-0.05, 0) is 40.1 Å². The van der Waals surface area contributed by atoms with Crippen molar-refractivity contribution < 1.29 is 17.1 Å². The third-order valence-electron chi connectivity index (χ3n) is 8.07. The molecule has 0 fully saturated rings. The SMILES string of the molecule is CCC.CCC1c2nc3nc(nc4[n-]c(nc5[n-]c(nc(n2)-c2cccnc21)c1ccccc51)c1ccccc41)-c1ccccc1-3.[Cu+2]. The van der Waals surface area contributed by atoms with Gasteiger partial charge in [-0.1, -0.05) is 100.0 Å². The Kier molecular flexibility index (Phi) is 8.05. The predicted molar refractivity (Wildman–Crippen MR) is 181 cm³/mol. The standard InChI is InChI=1S/C34H21N9.C3H8.Cu/c1-2-18-26-25(16-9-17-35-26)34-37-27(18)36-28-19-10-3-4-11-20(19)29(38-28)39-30-21-12-5-6-13-22(21)31(40-30)41-32-23-14-7-8-15-24(23)33(42-32)43-34;1-3-2;/h3-18H,2H2,1H3;3H2,1-2H3;/q-2;;+2. The molecule has 2 aliphatic rings. The van der Waals surface area contributed by atoms with Crippen LogP contribution < -0.4 is 9.97 Å². The first-order valence-electron chi connectivity index (χ1n) is 15.6. The first-order valence-corrected chi connectivity index (χ1v) is 15.6. The van der Waals surface area contributed by atoms with Gasteiger partial charge >= 0.3 is 17.1 Å². The van der Waals surface area contributed by atoms with Crippen molar-refractivity contribution in [1.29, 1.82) is 0 Å². The van der Waals surface area contributed by atoms with Crippen molar-refractivity contribution in [3.63, 3.8) is 0 Å². The fraction of sp³-hybridized carbons (Fsp3) is 0.162. The summed E-state index contributed by atoms with van der Waals surface area (Å²) in [6.07, 6.45) is 3.82. The molecule has 0 aliphatic carbocycles. The third kappa shape index (κ3) is 5.16. The molecular weight excluding hydrogens is 634 g/mol. The molecule has 10 heteroatoms. The molecule has 9 nitrogen and oxygen atoms in total. The number of aromatic nitrogens is 9. The quantitative estimate of drug-likeness (QED) is 0.162. The zero-order chi connectivity index (χ0) is 31.2. The molecule has 47 heavy (non-hydrogen) atoms. The minimum atomic E-state index is -0.122. The third-order valence-corrected chi connectivity index (χ3v) is 8.07. The monoisotopic (exact) mass is 662 g/mol. The zero-order valence-electron chi connectivity index (χ0n) is 26.0. The minimum absolute atomic E-state index is 0. The number of hydrogen-bond donors (Lipinski definition) is 0. The summed E-state index contributed by atoms with van der Waals surface area (Å²) in [6.45, 7) is 6.36. The Labute approximate surface area is 281 Å². The molecule has 1 unspecified atom stereocenters. The smallest absolute Gasteiger partial charge is 0.357 e. The van der Waals surface area contributed by atoms with Crippen molar-refractivity contribution in [2.45, 2.75) is 39.5 Å². The van der Waals surface area contributed by atoms with Gasteiger partial charge in [0.15, 0.2) is 5.82 Å². The molecule has 0 N–H and O–H groups in total. The van der Waals surface area contributed by atoms with Crippen LogP contribution in [0, 0.1) is 0 Å². The second-order valence-electron chi connectivity index (χ2n) is 11.3. The van der Waals surface area contributed by atoms with Gasteiger partial charge in [-0.3, -0.25) is 4.98 Å². The van der Waals surface area contributed by atoms with Gasteiger partial charge in [0, 0.05) is 45.5 Å². The molecule has 0 saturated heterocycles. The van der Waals surface area contributed by atoms with E-state index in [4.69, 9.17) is 44.9 Å². The average Bonchev–Trinajstić information content (AvgIpc) is 3.73. The summed E-state index contributed by atoms with van der Waals surface area (Å²) in [5.74, 6) is 2.09. The van der Waals surface area contributed by atoms with Crippen LogP contribution in [0.3, 0.4) is 0 Å². The number of fused-ring (bicyclic) bond motifs is 19. The van der Waals surface area contributed by atoms with Gasteiger partial charge < -0.3 is 24.9 Å². The molecule has 0 amide bonds. The molecule has 6 heterocycles. The van der Waals surface area contributed by atoms with Crippen LogP contribution in [-0.2, 0) is 17.1 Å². The van der Waals surface area contributed by atoms with Crippen LogP contribution in [0.4, 0.5) is 0 Å². The summed E-state index contributed by atoms with van der Waals surface area (Å²) in [5.41, 5.74) is 5.70. The van der Waals surface area contributed by atoms with E-state index in [-0.39, 0.29) is 23.0 Å². The van der Waals surface area contributed by atoms with Gasteiger partial charge in [-0.25, -0.2) is 15.0 Å².